The van der Waals surface area contributed by atoms with Crippen LogP contribution >= 0.6 is 11.6 Å². The highest BCUT2D eigenvalue weighted by atomic mass is 35.5. The molecule has 0 aliphatic heterocycles. The molecule has 6 heteroatoms. The fourth-order valence-corrected chi connectivity index (χ4v) is 1.49. The zero-order chi connectivity index (χ0) is 13.7. The number of ether oxygens (including phenoxy) is 1. The van der Waals surface area contributed by atoms with E-state index in [-0.39, 0.29) is 18.4 Å². The molecule has 0 fully saturated rings. The summed E-state index contributed by atoms with van der Waals surface area (Å²) in [5.41, 5.74) is 0.850. The third kappa shape index (κ3) is 3.72. The van der Waals surface area contributed by atoms with Crippen molar-refractivity contribution in [2.75, 3.05) is 33.1 Å². The summed E-state index contributed by atoms with van der Waals surface area (Å²) in [5, 5.41) is 2.95. The Hall–Kier alpha value is -1.59. The van der Waals surface area contributed by atoms with Gasteiger partial charge in [0.2, 0.25) is 5.91 Å². The Morgan fingerprint density at radius 2 is 2.06 bits per heavy atom. The molecular formula is C12H15ClN2O3. The van der Waals surface area contributed by atoms with E-state index in [1.165, 1.54) is 18.1 Å². The summed E-state index contributed by atoms with van der Waals surface area (Å²) in [6.07, 6.45) is 0. The minimum Gasteiger partial charge on any atom is -0.375 e. The Bertz CT molecular complexity index is 461. The number of anilines is 1. The average molecular weight is 271 g/mol. The van der Waals surface area contributed by atoms with Crippen molar-refractivity contribution in [1.82, 2.24) is 4.90 Å². The van der Waals surface area contributed by atoms with Crippen LogP contribution in [-0.2, 0) is 9.53 Å². The predicted molar refractivity (Wildman–Crippen MR) is 70.0 cm³/mol. The van der Waals surface area contributed by atoms with Gasteiger partial charge >= 0.3 is 0 Å². The zero-order valence-electron chi connectivity index (χ0n) is 10.5. The Morgan fingerprint density at radius 1 is 1.39 bits per heavy atom. The summed E-state index contributed by atoms with van der Waals surface area (Å²) >= 11 is 5.94. The molecule has 0 spiro atoms. The molecule has 0 unspecified atom stereocenters. The molecule has 0 radical (unpaired) electrons. The van der Waals surface area contributed by atoms with E-state index < -0.39 is 0 Å². The number of hydrogen-bond acceptors (Lipinski definition) is 3. The first kappa shape index (κ1) is 14.5. The van der Waals surface area contributed by atoms with E-state index >= 15 is 0 Å². The molecular weight excluding hydrogens is 256 g/mol. The fraction of sp³-hybridized carbons (Fsp3) is 0.333. The van der Waals surface area contributed by atoms with Crippen molar-refractivity contribution in [2.24, 2.45) is 0 Å². The van der Waals surface area contributed by atoms with Crippen molar-refractivity contribution in [1.29, 1.82) is 0 Å². The molecule has 0 aromatic heterocycles. The van der Waals surface area contributed by atoms with Gasteiger partial charge in [-0.3, -0.25) is 9.59 Å². The maximum Gasteiger partial charge on any atom is 0.253 e. The second-order valence-corrected chi connectivity index (χ2v) is 4.28. The molecule has 98 valence electrons. The van der Waals surface area contributed by atoms with E-state index in [9.17, 15) is 9.59 Å². The molecule has 0 saturated carbocycles. The molecule has 0 atom stereocenters. The fourth-order valence-electron chi connectivity index (χ4n) is 1.33. The number of hydrogen-bond donors (Lipinski definition) is 1. The first-order chi connectivity index (χ1) is 8.45. The Morgan fingerprint density at radius 3 is 2.61 bits per heavy atom. The minimum atomic E-state index is -0.325. The van der Waals surface area contributed by atoms with E-state index in [1.54, 1.807) is 26.2 Å². The van der Waals surface area contributed by atoms with Crippen LogP contribution in [0.5, 0.6) is 0 Å². The van der Waals surface area contributed by atoms with Gasteiger partial charge in [-0.1, -0.05) is 11.6 Å². The first-order valence-corrected chi connectivity index (χ1v) is 5.63. The van der Waals surface area contributed by atoms with Crippen LogP contribution in [-0.4, -0.2) is 44.5 Å². The lowest BCUT2D eigenvalue weighted by molar-refractivity contribution is -0.119. The van der Waals surface area contributed by atoms with Crippen LogP contribution in [0.2, 0.25) is 5.02 Å². The summed E-state index contributed by atoms with van der Waals surface area (Å²) in [4.78, 5) is 24.6. The smallest absolute Gasteiger partial charge is 0.253 e. The number of benzene rings is 1. The van der Waals surface area contributed by atoms with Gasteiger partial charge in [-0.25, -0.2) is 0 Å². The number of carbonyl (C=O) groups is 2. The molecule has 0 aliphatic rings. The van der Waals surface area contributed by atoms with Gasteiger partial charge in [0.1, 0.15) is 6.61 Å². The van der Waals surface area contributed by atoms with E-state index in [0.717, 1.165) is 0 Å². The molecule has 0 bridgehead atoms. The Kier molecular flexibility index (Phi) is 5.12. The number of nitrogens with one attached hydrogen (secondary N) is 1. The quantitative estimate of drug-likeness (QED) is 0.905. The highest BCUT2D eigenvalue weighted by Crippen LogP contribution is 2.23. The van der Waals surface area contributed by atoms with Crippen molar-refractivity contribution in [3.63, 3.8) is 0 Å². The summed E-state index contributed by atoms with van der Waals surface area (Å²) in [7, 11) is 4.73. The number of halogens is 1. The van der Waals surface area contributed by atoms with Gasteiger partial charge in [-0.2, -0.15) is 0 Å². The van der Waals surface area contributed by atoms with Gasteiger partial charge in [-0.05, 0) is 18.2 Å². The van der Waals surface area contributed by atoms with Gasteiger partial charge < -0.3 is 15.0 Å². The topological polar surface area (TPSA) is 58.6 Å². The van der Waals surface area contributed by atoms with Crippen LogP contribution in [0.3, 0.4) is 0 Å². The lowest BCUT2D eigenvalue weighted by Crippen LogP contribution is -2.22. The van der Waals surface area contributed by atoms with Crippen molar-refractivity contribution >= 4 is 29.1 Å². The molecule has 1 aromatic rings. The summed E-state index contributed by atoms with van der Waals surface area (Å²) in [6, 6.07) is 4.72. The minimum absolute atomic E-state index is 0.0673. The van der Waals surface area contributed by atoms with Crippen LogP contribution < -0.4 is 5.32 Å². The second-order valence-electron chi connectivity index (χ2n) is 3.88. The summed E-state index contributed by atoms with van der Waals surface area (Å²) in [5.74, 6) is -0.484. The van der Waals surface area contributed by atoms with Gasteiger partial charge in [-0.15, -0.1) is 0 Å². The highest BCUT2D eigenvalue weighted by Gasteiger charge is 2.12. The average Bonchev–Trinajstić information content (AvgIpc) is 2.31. The van der Waals surface area contributed by atoms with Crippen molar-refractivity contribution in [3.05, 3.63) is 28.8 Å². The Balaban J connectivity index is 2.94. The number of carbonyl (C=O) groups excluding carboxylic acids is 2. The van der Waals surface area contributed by atoms with E-state index in [0.29, 0.717) is 16.3 Å². The molecule has 18 heavy (non-hydrogen) atoms. The lowest BCUT2D eigenvalue weighted by Gasteiger charge is -2.12. The van der Waals surface area contributed by atoms with Crippen LogP contribution in [0, 0.1) is 0 Å². The van der Waals surface area contributed by atoms with Crippen LogP contribution in [0.1, 0.15) is 10.4 Å². The lowest BCUT2D eigenvalue weighted by atomic mass is 10.2. The molecule has 0 aliphatic carbocycles. The predicted octanol–water partition coefficient (Wildman–Crippen LogP) is 1.63. The molecule has 1 rings (SSSR count). The monoisotopic (exact) mass is 270 g/mol. The summed E-state index contributed by atoms with van der Waals surface area (Å²) in [6.45, 7) is -0.0673. The van der Waals surface area contributed by atoms with Crippen LogP contribution in [0.15, 0.2) is 18.2 Å². The van der Waals surface area contributed by atoms with Gasteiger partial charge in [0.05, 0.1) is 10.7 Å². The van der Waals surface area contributed by atoms with E-state index in [2.05, 4.69) is 5.32 Å². The second kappa shape index (κ2) is 6.37. The summed E-state index contributed by atoms with van der Waals surface area (Å²) < 4.78 is 4.70. The van der Waals surface area contributed by atoms with Gasteiger partial charge in [0.15, 0.2) is 0 Å². The van der Waals surface area contributed by atoms with E-state index in [4.69, 9.17) is 16.3 Å². The molecule has 5 nitrogen and oxygen atoms in total. The highest BCUT2D eigenvalue weighted by molar-refractivity contribution is 6.33. The van der Waals surface area contributed by atoms with E-state index in [1.807, 2.05) is 0 Å². The largest absolute Gasteiger partial charge is 0.375 e. The molecule has 1 aromatic carbocycles. The number of amides is 2. The molecule has 0 heterocycles. The SMILES string of the molecule is COCC(=O)Nc1cc(C(=O)N(C)C)ccc1Cl. The van der Waals surface area contributed by atoms with Crippen LogP contribution in [0.4, 0.5) is 5.69 Å². The Labute approximate surface area is 111 Å². The zero-order valence-corrected chi connectivity index (χ0v) is 11.2. The number of methoxy groups -OCH3 is 1. The third-order valence-electron chi connectivity index (χ3n) is 2.17. The normalized spacial score (nSPS) is 10.0. The number of nitrogens with zero attached hydrogens (tertiary/aromatic N) is 1. The number of rotatable bonds is 4. The molecule has 0 saturated heterocycles. The first-order valence-electron chi connectivity index (χ1n) is 5.25. The maximum atomic E-state index is 11.8. The van der Waals surface area contributed by atoms with Crippen molar-refractivity contribution < 1.29 is 14.3 Å². The standard InChI is InChI=1S/C12H15ClN2O3/c1-15(2)12(17)8-4-5-9(13)10(6-8)14-11(16)7-18-3/h4-6H,7H2,1-3H3,(H,14,16). The van der Waals surface area contributed by atoms with Crippen molar-refractivity contribution in [3.8, 4) is 0 Å². The van der Waals surface area contributed by atoms with Gasteiger partial charge in [0.25, 0.3) is 5.91 Å². The van der Waals surface area contributed by atoms with Crippen LogP contribution in [0.25, 0.3) is 0 Å². The van der Waals surface area contributed by atoms with Gasteiger partial charge in [0, 0.05) is 26.8 Å². The maximum absolute atomic E-state index is 11.8. The molecule has 2 amide bonds. The molecule has 1 N–H and O–H groups in total. The third-order valence-corrected chi connectivity index (χ3v) is 2.50. The van der Waals surface area contributed by atoms with Crippen molar-refractivity contribution in [2.45, 2.75) is 0 Å².